The second-order valence-corrected chi connectivity index (χ2v) is 10.1. The van der Waals surface area contributed by atoms with E-state index < -0.39 is 29.9 Å². The Kier molecular flexibility index (Phi) is 7.97. The van der Waals surface area contributed by atoms with Gasteiger partial charge in [0.1, 0.15) is 23.9 Å². The van der Waals surface area contributed by atoms with Gasteiger partial charge in [0, 0.05) is 36.8 Å². The maximum atomic E-state index is 13.5. The number of alkyl halides is 3. The molecule has 0 radical (unpaired) electrons. The number of aliphatic hydroxyl groups is 1. The molecule has 0 saturated heterocycles. The zero-order valence-electron chi connectivity index (χ0n) is 21.9. The van der Waals surface area contributed by atoms with Gasteiger partial charge in [0.15, 0.2) is 5.78 Å². The average molecular weight is 558 g/mol. The molecule has 11 heteroatoms. The summed E-state index contributed by atoms with van der Waals surface area (Å²) in [5.41, 5.74) is 0.530. The minimum atomic E-state index is -4.56. The van der Waals surface area contributed by atoms with E-state index >= 15 is 0 Å². The summed E-state index contributed by atoms with van der Waals surface area (Å²) in [5, 5.41) is 14.6. The number of fused-ring (bicyclic) bond motifs is 1. The fraction of sp³-hybridized carbons (Fsp3) is 0.276. The number of halogens is 4. The molecule has 4 rings (SSSR count). The zero-order chi connectivity index (χ0) is 29.2. The summed E-state index contributed by atoms with van der Waals surface area (Å²) >= 11 is 0. The zero-order valence-corrected chi connectivity index (χ0v) is 21.9. The number of benzene rings is 2. The predicted octanol–water partition coefficient (Wildman–Crippen LogP) is 6.23. The van der Waals surface area contributed by atoms with E-state index in [1.165, 1.54) is 43.4 Å². The number of hydrogen-bond donors (Lipinski definition) is 3. The van der Waals surface area contributed by atoms with E-state index in [-0.39, 0.29) is 52.6 Å². The summed E-state index contributed by atoms with van der Waals surface area (Å²) in [6.07, 6.45) is -4.51. The highest BCUT2D eigenvalue weighted by molar-refractivity contribution is 6.11. The number of nitrogens with one attached hydrogen (secondary N) is 2. The van der Waals surface area contributed by atoms with Crippen LogP contribution in [0.4, 0.5) is 23.4 Å². The van der Waals surface area contributed by atoms with Crippen LogP contribution in [0.15, 0.2) is 59.0 Å². The molecule has 40 heavy (non-hydrogen) atoms. The Morgan fingerprint density at radius 1 is 1.02 bits per heavy atom. The summed E-state index contributed by atoms with van der Waals surface area (Å²) in [5.74, 6) is -1.41. The van der Waals surface area contributed by atoms with Crippen LogP contribution in [0.3, 0.4) is 0 Å². The molecule has 3 N–H and O–H groups in total. The molecule has 4 aromatic rings. The molecule has 0 unspecified atom stereocenters. The fourth-order valence-electron chi connectivity index (χ4n) is 4.17. The van der Waals surface area contributed by atoms with E-state index in [9.17, 15) is 32.3 Å². The van der Waals surface area contributed by atoms with E-state index in [1.807, 2.05) is 0 Å². The van der Waals surface area contributed by atoms with Gasteiger partial charge < -0.3 is 20.2 Å². The lowest BCUT2D eigenvalue weighted by atomic mass is 9.86. The van der Waals surface area contributed by atoms with Crippen molar-refractivity contribution >= 4 is 28.6 Å². The predicted molar refractivity (Wildman–Crippen MR) is 143 cm³/mol. The summed E-state index contributed by atoms with van der Waals surface area (Å²) in [4.78, 5) is 30.2. The first-order chi connectivity index (χ1) is 18.8. The lowest BCUT2D eigenvalue weighted by Crippen LogP contribution is -2.22. The minimum absolute atomic E-state index is 0.0486. The molecular weight excluding hydrogens is 530 g/mol. The van der Waals surface area contributed by atoms with E-state index in [1.54, 1.807) is 32.0 Å². The van der Waals surface area contributed by atoms with Crippen LogP contribution in [0.2, 0.25) is 0 Å². The number of furan rings is 1. The SMILES string of the molecule is CNC(=O)c1c(-c2ccc(F)cc2)oc2nc(NCC(F)(F)F)c(-c3cccc(C(=O)CC(C)(C)CO)c3)cc12. The number of pyridine rings is 1. The van der Waals surface area contributed by atoms with Gasteiger partial charge in [0.05, 0.1) is 10.9 Å². The standard InChI is InChI=1S/C29H27F4N3O4/c1-28(2,15-37)13-22(38)18-6-4-5-17(11-18)20-12-21-23(26(39)34-3)24(16-7-9-19(30)10-8-16)40-27(21)36-25(20)35-14-29(31,32)33/h4-12,37H,13-15H2,1-3H3,(H,34,39)(H,35,36). The first kappa shape index (κ1) is 28.8. The molecule has 0 atom stereocenters. The van der Waals surface area contributed by atoms with Crippen molar-refractivity contribution in [2.24, 2.45) is 5.41 Å². The van der Waals surface area contributed by atoms with Crippen molar-refractivity contribution in [2.45, 2.75) is 26.4 Å². The normalized spacial score (nSPS) is 12.0. The van der Waals surface area contributed by atoms with Crippen LogP contribution < -0.4 is 10.6 Å². The number of amides is 1. The van der Waals surface area contributed by atoms with Gasteiger partial charge in [-0.15, -0.1) is 0 Å². The van der Waals surface area contributed by atoms with Crippen molar-refractivity contribution in [2.75, 3.05) is 25.5 Å². The minimum Gasteiger partial charge on any atom is -0.437 e. The Morgan fingerprint density at radius 2 is 1.73 bits per heavy atom. The smallest absolute Gasteiger partial charge is 0.405 e. The third-order valence-electron chi connectivity index (χ3n) is 6.26. The average Bonchev–Trinajstić information content (AvgIpc) is 3.29. The number of anilines is 1. The Bertz CT molecular complexity index is 1560. The van der Waals surface area contributed by atoms with Crippen LogP contribution in [0, 0.1) is 11.2 Å². The first-order valence-corrected chi connectivity index (χ1v) is 12.3. The molecule has 0 bridgehead atoms. The van der Waals surface area contributed by atoms with E-state index in [0.717, 1.165) is 0 Å². The second kappa shape index (κ2) is 11.1. The van der Waals surface area contributed by atoms with Crippen LogP contribution in [0.1, 0.15) is 41.0 Å². The van der Waals surface area contributed by atoms with Gasteiger partial charge in [-0.1, -0.05) is 32.0 Å². The van der Waals surface area contributed by atoms with Gasteiger partial charge in [-0.2, -0.15) is 18.2 Å². The molecule has 0 aliphatic rings. The molecule has 0 saturated carbocycles. The number of hydrogen-bond acceptors (Lipinski definition) is 6. The third-order valence-corrected chi connectivity index (χ3v) is 6.26. The van der Waals surface area contributed by atoms with Crippen molar-refractivity contribution in [3.63, 3.8) is 0 Å². The molecular formula is C29H27F4N3O4. The van der Waals surface area contributed by atoms with Gasteiger partial charge >= 0.3 is 6.18 Å². The van der Waals surface area contributed by atoms with Crippen LogP contribution in [0.5, 0.6) is 0 Å². The molecule has 2 aromatic heterocycles. The molecule has 2 heterocycles. The quantitative estimate of drug-likeness (QED) is 0.167. The number of Topliss-reactive ketones (excluding diaryl/α,β-unsaturated/α-hetero) is 1. The van der Waals surface area contributed by atoms with Crippen LogP contribution >= 0.6 is 0 Å². The molecule has 0 fully saturated rings. The van der Waals surface area contributed by atoms with Crippen molar-refractivity contribution < 1.29 is 36.7 Å². The van der Waals surface area contributed by atoms with Crippen molar-refractivity contribution in [1.29, 1.82) is 0 Å². The number of carbonyl (C=O) groups is 2. The number of aliphatic hydroxyl groups excluding tert-OH is 1. The monoisotopic (exact) mass is 557 g/mol. The Balaban J connectivity index is 1.92. The number of aromatic nitrogens is 1. The summed E-state index contributed by atoms with van der Waals surface area (Å²) in [6.45, 7) is 1.88. The lowest BCUT2D eigenvalue weighted by Gasteiger charge is -2.20. The van der Waals surface area contributed by atoms with E-state index in [0.29, 0.717) is 16.7 Å². The molecule has 1 amide bonds. The van der Waals surface area contributed by atoms with E-state index in [2.05, 4.69) is 15.6 Å². The van der Waals surface area contributed by atoms with Gasteiger partial charge in [0.2, 0.25) is 5.71 Å². The molecule has 7 nitrogen and oxygen atoms in total. The molecule has 0 spiro atoms. The van der Waals surface area contributed by atoms with Gasteiger partial charge in [-0.3, -0.25) is 9.59 Å². The Labute approximate surface area is 227 Å². The molecule has 2 aromatic carbocycles. The van der Waals surface area contributed by atoms with Crippen LogP contribution in [-0.4, -0.2) is 48.2 Å². The molecule has 210 valence electrons. The molecule has 0 aliphatic heterocycles. The largest absolute Gasteiger partial charge is 0.437 e. The van der Waals surface area contributed by atoms with Crippen LogP contribution in [0.25, 0.3) is 33.6 Å². The number of ketones is 1. The van der Waals surface area contributed by atoms with Gasteiger partial charge in [-0.05, 0) is 47.4 Å². The topological polar surface area (TPSA) is 104 Å². The van der Waals surface area contributed by atoms with Crippen molar-refractivity contribution in [3.05, 3.63) is 71.5 Å². The van der Waals surface area contributed by atoms with Crippen molar-refractivity contribution in [3.8, 4) is 22.5 Å². The Morgan fingerprint density at radius 3 is 2.35 bits per heavy atom. The first-order valence-electron chi connectivity index (χ1n) is 12.3. The highest BCUT2D eigenvalue weighted by atomic mass is 19.4. The van der Waals surface area contributed by atoms with E-state index in [4.69, 9.17) is 4.42 Å². The van der Waals surface area contributed by atoms with Crippen LogP contribution in [-0.2, 0) is 0 Å². The maximum Gasteiger partial charge on any atom is 0.405 e. The number of rotatable bonds is 9. The third kappa shape index (κ3) is 6.31. The Hall–Kier alpha value is -4.25. The van der Waals surface area contributed by atoms with Crippen molar-refractivity contribution in [1.82, 2.24) is 10.3 Å². The highest BCUT2D eigenvalue weighted by Crippen LogP contribution is 2.38. The lowest BCUT2D eigenvalue weighted by molar-refractivity contribution is -0.115. The van der Waals surface area contributed by atoms with Gasteiger partial charge in [0.25, 0.3) is 5.91 Å². The molecule has 0 aliphatic carbocycles. The second-order valence-electron chi connectivity index (χ2n) is 10.1. The van der Waals surface area contributed by atoms with Gasteiger partial charge in [-0.25, -0.2) is 4.39 Å². The summed E-state index contributed by atoms with van der Waals surface area (Å²) in [6, 6.07) is 13.0. The number of carbonyl (C=O) groups excluding carboxylic acids is 2. The summed E-state index contributed by atoms with van der Waals surface area (Å²) in [7, 11) is 1.41. The number of nitrogens with zero attached hydrogens (tertiary/aromatic N) is 1. The summed E-state index contributed by atoms with van der Waals surface area (Å²) < 4.78 is 58.9. The maximum absolute atomic E-state index is 13.5. The fourth-order valence-corrected chi connectivity index (χ4v) is 4.17. The highest BCUT2D eigenvalue weighted by Gasteiger charge is 2.29.